The molecule has 3 rings (SSSR count). The van der Waals surface area contributed by atoms with Crippen LogP contribution in [0.5, 0.6) is 5.75 Å². The second kappa shape index (κ2) is 8.83. The van der Waals surface area contributed by atoms with Gasteiger partial charge in [0.1, 0.15) is 17.3 Å². The lowest BCUT2D eigenvalue weighted by molar-refractivity contribution is -0.274. The third kappa shape index (κ3) is 5.07. The van der Waals surface area contributed by atoms with Crippen molar-refractivity contribution in [1.82, 2.24) is 10.1 Å². The zero-order valence-electron chi connectivity index (χ0n) is 17.9. The Bertz CT molecular complexity index is 1100. The summed E-state index contributed by atoms with van der Waals surface area (Å²) in [5.41, 5.74) is 6.06. The molecule has 164 valence electrons. The van der Waals surface area contributed by atoms with E-state index in [2.05, 4.69) is 26.6 Å². The number of hydrogen-bond acceptors (Lipinski definition) is 4. The van der Waals surface area contributed by atoms with Gasteiger partial charge in [-0.15, -0.1) is 13.2 Å². The summed E-state index contributed by atoms with van der Waals surface area (Å²) in [6.07, 6.45) is -1.64. The molecule has 0 bridgehead atoms. The lowest BCUT2D eigenvalue weighted by Crippen LogP contribution is -2.17. The van der Waals surface area contributed by atoms with Crippen molar-refractivity contribution in [2.45, 2.75) is 46.9 Å². The number of benzene rings is 1. The molecule has 0 amide bonds. The van der Waals surface area contributed by atoms with Crippen molar-refractivity contribution in [1.29, 1.82) is 0 Å². The number of aromatic amines is 1. The first-order valence-corrected chi connectivity index (χ1v) is 9.79. The summed E-state index contributed by atoms with van der Waals surface area (Å²) in [5, 5.41) is 4.01. The highest BCUT2D eigenvalue weighted by Crippen LogP contribution is 2.34. The van der Waals surface area contributed by atoms with Crippen LogP contribution in [0.4, 0.5) is 19.0 Å². The van der Waals surface area contributed by atoms with Gasteiger partial charge in [-0.1, -0.05) is 24.2 Å². The Kier molecular flexibility index (Phi) is 6.38. The minimum atomic E-state index is -4.74. The van der Waals surface area contributed by atoms with Crippen molar-refractivity contribution in [2.75, 3.05) is 0 Å². The van der Waals surface area contributed by atoms with Crippen LogP contribution < -0.4 is 4.74 Å². The zero-order valence-corrected chi connectivity index (χ0v) is 17.9. The molecule has 0 aliphatic rings. The highest BCUT2D eigenvalue weighted by Gasteiger charge is 2.31. The molecule has 0 saturated heterocycles. The Hall–Kier alpha value is -3.29. The SMILES string of the molecule is C=Nc1[nH]c(CC)c(Cc2cccc(OC(F)(F)F)c2)c1/C=C(\C)c1c(C)noc1C. The minimum absolute atomic E-state index is 0.246. The van der Waals surface area contributed by atoms with Gasteiger partial charge < -0.3 is 14.2 Å². The summed E-state index contributed by atoms with van der Waals surface area (Å²) >= 11 is 0. The van der Waals surface area contributed by atoms with Crippen molar-refractivity contribution in [3.8, 4) is 5.75 Å². The Labute approximate surface area is 178 Å². The van der Waals surface area contributed by atoms with Gasteiger partial charge in [0.05, 0.1) is 5.69 Å². The van der Waals surface area contributed by atoms with E-state index in [0.717, 1.165) is 33.7 Å². The zero-order chi connectivity index (χ0) is 22.8. The number of nitrogens with one attached hydrogen (secondary N) is 1. The molecule has 0 unspecified atom stereocenters. The third-order valence-electron chi connectivity index (χ3n) is 5.03. The van der Waals surface area contributed by atoms with Crippen LogP contribution in [0.2, 0.25) is 0 Å². The van der Waals surface area contributed by atoms with Gasteiger partial charge >= 0.3 is 6.36 Å². The summed E-state index contributed by atoms with van der Waals surface area (Å²) in [5.74, 6) is 1.08. The number of hydrogen-bond donors (Lipinski definition) is 1. The average Bonchev–Trinajstić information content (AvgIpc) is 3.20. The van der Waals surface area contributed by atoms with Crippen molar-refractivity contribution < 1.29 is 22.4 Å². The van der Waals surface area contributed by atoms with E-state index in [9.17, 15) is 13.2 Å². The van der Waals surface area contributed by atoms with Gasteiger partial charge in [-0.25, -0.2) is 4.99 Å². The van der Waals surface area contributed by atoms with E-state index in [-0.39, 0.29) is 5.75 Å². The molecule has 0 radical (unpaired) electrons. The lowest BCUT2D eigenvalue weighted by atomic mass is 9.96. The van der Waals surface area contributed by atoms with Crippen molar-refractivity contribution >= 4 is 24.2 Å². The topological polar surface area (TPSA) is 63.4 Å². The Morgan fingerprint density at radius 1 is 1.32 bits per heavy atom. The summed E-state index contributed by atoms with van der Waals surface area (Å²) in [4.78, 5) is 7.40. The van der Waals surface area contributed by atoms with Crippen LogP contribution in [0.1, 0.15) is 53.2 Å². The molecule has 8 heteroatoms. The van der Waals surface area contributed by atoms with Crippen molar-refractivity contribution in [2.24, 2.45) is 4.99 Å². The maximum Gasteiger partial charge on any atom is 0.573 e. The number of aliphatic imine (C=N–C) groups is 1. The molecule has 0 atom stereocenters. The molecule has 0 fully saturated rings. The number of aryl methyl sites for hydroxylation is 3. The lowest BCUT2D eigenvalue weighted by Gasteiger charge is -2.11. The van der Waals surface area contributed by atoms with Gasteiger partial charge in [0, 0.05) is 23.2 Å². The predicted molar refractivity (Wildman–Crippen MR) is 115 cm³/mol. The predicted octanol–water partition coefficient (Wildman–Crippen LogP) is 6.56. The highest BCUT2D eigenvalue weighted by molar-refractivity contribution is 5.86. The van der Waals surface area contributed by atoms with Crippen LogP contribution >= 0.6 is 0 Å². The molecule has 0 aliphatic heterocycles. The van der Waals surface area contributed by atoms with E-state index < -0.39 is 6.36 Å². The minimum Gasteiger partial charge on any atom is -0.406 e. The molecule has 31 heavy (non-hydrogen) atoms. The Balaban J connectivity index is 2.05. The van der Waals surface area contributed by atoms with E-state index in [1.807, 2.05) is 33.8 Å². The number of aromatic nitrogens is 2. The maximum atomic E-state index is 12.6. The molecule has 0 saturated carbocycles. The first kappa shape index (κ1) is 22.4. The quantitative estimate of drug-likeness (QED) is 0.431. The van der Waals surface area contributed by atoms with Gasteiger partial charge in [-0.3, -0.25) is 0 Å². The first-order chi connectivity index (χ1) is 14.6. The fourth-order valence-electron chi connectivity index (χ4n) is 3.77. The number of rotatable bonds is 7. The van der Waals surface area contributed by atoms with Crippen molar-refractivity contribution in [3.63, 3.8) is 0 Å². The molecule has 2 aromatic heterocycles. The molecule has 2 heterocycles. The number of allylic oxidation sites excluding steroid dienone is 1. The molecule has 3 aromatic rings. The largest absolute Gasteiger partial charge is 0.573 e. The molecule has 1 aromatic carbocycles. The van der Waals surface area contributed by atoms with Crippen LogP contribution in [0.3, 0.4) is 0 Å². The summed E-state index contributed by atoms with van der Waals surface area (Å²) in [7, 11) is 0. The summed E-state index contributed by atoms with van der Waals surface area (Å²) < 4.78 is 47.2. The highest BCUT2D eigenvalue weighted by atomic mass is 19.4. The molecule has 1 N–H and O–H groups in total. The summed E-state index contributed by atoms with van der Waals surface area (Å²) in [6, 6.07) is 6.00. The number of nitrogens with zero attached hydrogens (tertiary/aromatic N) is 2. The van der Waals surface area contributed by atoms with E-state index in [0.29, 0.717) is 30.0 Å². The van der Waals surface area contributed by atoms with Gasteiger partial charge in [0.15, 0.2) is 0 Å². The Morgan fingerprint density at radius 3 is 2.65 bits per heavy atom. The van der Waals surface area contributed by atoms with Crippen LogP contribution in [0.25, 0.3) is 11.6 Å². The van der Waals surface area contributed by atoms with Gasteiger partial charge in [-0.2, -0.15) is 0 Å². The van der Waals surface area contributed by atoms with E-state index in [1.54, 1.807) is 12.1 Å². The number of ether oxygens (including phenoxy) is 1. The third-order valence-corrected chi connectivity index (χ3v) is 5.03. The summed E-state index contributed by atoms with van der Waals surface area (Å²) in [6.45, 7) is 11.3. The van der Waals surface area contributed by atoms with Crippen molar-refractivity contribution in [3.05, 3.63) is 63.7 Å². The Morgan fingerprint density at radius 2 is 2.06 bits per heavy atom. The van der Waals surface area contributed by atoms with Gasteiger partial charge in [0.25, 0.3) is 0 Å². The van der Waals surface area contributed by atoms with Crippen LogP contribution in [-0.2, 0) is 12.8 Å². The molecule has 5 nitrogen and oxygen atoms in total. The smallest absolute Gasteiger partial charge is 0.406 e. The number of halogens is 3. The van der Waals surface area contributed by atoms with Crippen LogP contribution in [0, 0.1) is 13.8 Å². The van der Waals surface area contributed by atoms with Crippen LogP contribution in [0.15, 0.2) is 33.8 Å². The average molecular weight is 431 g/mol. The fourth-order valence-corrected chi connectivity index (χ4v) is 3.77. The van der Waals surface area contributed by atoms with E-state index in [1.165, 1.54) is 12.1 Å². The second-order valence-corrected chi connectivity index (χ2v) is 7.25. The van der Waals surface area contributed by atoms with Gasteiger partial charge in [-0.05, 0) is 68.8 Å². The fraction of sp³-hybridized carbons (Fsp3) is 0.304. The van der Waals surface area contributed by atoms with Gasteiger partial charge in [0.2, 0.25) is 0 Å². The monoisotopic (exact) mass is 431 g/mol. The maximum absolute atomic E-state index is 12.6. The molecule has 0 aliphatic carbocycles. The normalized spacial score (nSPS) is 12.3. The van der Waals surface area contributed by atoms with E-state index in [4.69, 9.17) is 4.52 Å². The van der Waals surface area contributed by atoms with Crippen LogP contribution in [-0.4, -0.2) is 23.2 Å². The second-order valence-electron chi connectivity index (χ2n) is 7.25. The first-order valence-electron chi connectivity index (χ1n) is 9.79. The number of alkyl halides is 3. The molecular weight excluding hydrogens is 407 g/mol. The number of H-pyrrole nitrogens is 1. The molecular formula is C23H24F3N3O2. The molecule has 0 spiro atoms. The van der Waals surface area contributed by atoms with E-state index >= 15 is 0 Å². The standard InChI is InChI=1S/C23H24F3N3O2/c1-6-20-18(12-16-8-7-9-17(11-16)30-23(24,25)26)19(22(27-5)28-20)10-13(2)21-14(3)29-31-15(21)4/h7-11,28H,5-6,12H2,1-4H3/b13-10+.